The van der Waals surface area contributed by atoms with Crippen molar-refractivity contribution in [3.63, 3.8) is 0 Å². The zero-order valence-corrected chi connectivity index (χ0v) is 14.7. The van der Waals surface area contributed by atoms with E-state index in [0.717, 1.165) is 32.5 Å². The molecule has 7 nitrogen and oxygen atoms in total. The van der Waals surface area contributed by atoms with Crippen LogP contribution in [0.15, 0.2) is 16.7 Å². The molecule has 0 saturated carbocycles. The van der Waals surface area contributed by atoms with Crippen LogP contribution in [0.5, 0.6) is 5.88 Å². The number of hydrogen-bond acceptors (Lipinski definition) is 6. The second-order valence-electron chi connectivity index (χ2n) is 4.99. The van der Waals surface area contributed by atoms with Crippen molar-refractivity contribution in [3.05, 3.63) is 16.7 Å². The topological polar surface area (TPSA) is 86.8 Å². The fraction of sp³-hybridized carbons (Fsp3) is 0.615. The third-order valence-corrected chi connectivity index (χ3v) is 4.25. The van der Waals surface area contributed by atoms with E-state index in [4.69, 9.17) is 9.47 Å². The van der Waals surface area contributed by atoms with Gasteiger partial charge in [0.2, 0.25) is 5.88 Å². The van der Waals surface area contributed by atoms with Crippen molar-refractivity contribution in [3.8, 4) is 5.88 Å². The van der Waals surface area contributed by atoms with E-state index in [-0.39, 0.29) is 5.88 Å². The maximum Gasteiger partial charge on any atom is 0.238 e. The highest BCUT2D eigenvalue weighted by atomic mass is 79.9. The molecule has 0 amide bonds. The van der Waals surface area contributed by atoms with E-state index in [9.17, 15) is 8.76 Å². The normalized spacial score (nSPS) is 20.0. The standard InChI is InChI=1S/C13H20BrN3O4S/c1-20-11-3-5-17(9-11)4-2-6-21-13-12(16-22(18)19)7-10(14)8-15-13/h7-8,11,16H,2-6,9H2,1H3,(H,18,19)/p-1. The van der Waals surface area contributed by atoms with Gasteiger partial charge in [-0.1, -0.05) is 0 Å². The highest BCUT2D eigenvalue weighted by molar-refractivity contribution is 9.10. The Bertz CT molecular complexity index is 520. The number of hydrogen-bond donors (Lipinski definition) is 1. The number of rotatable bonds is 8. The van der Waals surface area contributed by atoms with E-state index >= 15 is 0 Å². The van der Waals surface area contributed by atoms with E-state index in [1.54, 1.807) is 19.4 Å². The number of nitrogens with one attached hydrogen (secondary N) is 1. The van der Waals surface area contributed by atoms with E-state index in [1.807, 2.05) is 0 Å². The fourth-order valence-electron chi connectivity index (χ4n) is 2.35. The van der Waals surface area contributed by atoms with Gasteiger partial charge in [0.1, 0.15) is 5.69 Å². The minimum absolute atomic E-state index is 0.281. The smallest absolute Gasteiger partial charge is 0.238 e. The van der Waals surface area contributed by atoms with Gasteiger partial charge in [0.15, 0.2) is 0 Å². The Balaban J connectivity index is 1.78. The second kappa shape index (κ2) is 8.78. The zero-order valence-electron chi connectivity index (χ0n) is 12.3. The number of ether oxygens (including phenoxy) is 2. The van der Waals surface area contributed by atoms with Crippen LogP contribution >= 0.6 is 15.9 Å². The molecule has 2 atom stereocenters. The number of halogens is 1. The van der Waals surface area contributed by atoms with Crippen LogP contribution in [0.4, 0.5) is 5.69 Å². The van der Waals surface area contributed by atoms with Gasteiger partial charge in [-0.05, 0) is 34.8 Å². The Kier molecular flexibility index (Phi) is 7.03. The second-order valence-corrected chi connectivity index (χ2v) is 6.58. The summed E-state index contributed by atoms with van der Waals surface area (Å²) < 4.78 is 35.4. The molecular weight excluding hydrogens is 374 g/mol. The molecule has 2 rings (SSSR count). The van der Waals surface area contributed by atoms with Crippen molar-refractivity contribution in [1.82, 2.24) is 9.88 Å². The molecule has 0 aromatic carbocycles. The van der Waals surface area contributed by atoms with Gasteiger partial charge in [0, 0.05) is 48.7 Å². The summed E-state index contributed by atoms with van der Waals surface area (Å²) in [5.74, 6) is 0.281. The summed E-state index contributed by atoms with van der Waals surface area (Å²) in [6.07, 6.45) is 3.80. The van der Waals surface area contributed by atoms with Gasteiger partial charge in [-0.15, -0.1) is 0 Å². The third-order valence-electron chi connectivity index (χ3n) is 3.43. The molecule has 1 aliphatic heterocycles. The number of methoxy groups -OCH3 is 1. The van der Waals surface area contributed by atoms with Crippen LogP contribution in [0.1, 0.15) is 12.8 Å². The Hall–Kier alpha value is -0.740. The number of pyridine rings is 1. The molecule has 2 unspecified atom stereocenters. The first-order valence-corrected chi connectivity index (χ1v) is 8.84. The summed E-state index contributed by atoms with van der Waals surface area (Å²) in [6.45, 7) is 3.39. The van der Waals surface area contributed by atoms with Crippen molar-refractivity contribution < 1.29 is 18.2 Å². The van der Waals surface area contributed by atoms with Gasteiger partial charge < -0.3 is 23.6 Å². The lowest BCUT2D eigenvalue weighted by atomic mass is 10.3. The summed E-state index contributed by atoms with van der Waals surface area (Å²) in [5, 5.41) is 0. The Morgan fingerprint density at radius 2 is 2.45 bits per heavy atom. The minimum Gasteiger partial charge on any atom is -0.755 e. The van der Waals surface area contributed by atoms with Gasteiger partial charge in [-0.25, -0.2) is 4.98 Å². The maximum atomic E-state index is 10.8. The quantitative estimate of drug-likeness (QED) is 0.533. The molecule has 1 aliphatic rings. The molecule has 0 bridgehead atoms. The molecule has 9 heteroatoms. The molecular formula is C13H19BrN3O4S-. The molecule has 0 spiro atoms. The molecule has 124 valence electrons. The van der Waals surface area contributed by atoms with Gasteiger partial charge in [0.25, 0.3) is 0 Å². The van der Waals surface area contributed by atoms with Gasteiger partial charge in [-0.2, -0.15) is 0 Å². The maximum absolute atomic E-state index is 10.8. The predicted molar refractivity (Wildman–Crippen MR) is 86.4 cm³/mol. The first-order valence-electron chi connectivity index (χ1n) is 6.98. The van der Waals surface area contributed by atoms with E-state index in [2.05, 4.69) is 30.5 Å². The van der Waals surface area contributed by atoms with Gasteiger partial charge in [-0.3, -0.25) is 4.21 Å². The first kappa shape index (κ1) is 17.6. The van der Waals surface area contributed by atoms with Crippen LogP contribution in [-0.4, -0.2) is 58.1 Å². The fourth-order valence-corrected chi connectivity index (χ4v) is 3.01. The molecule has 1 aromatic rings. The molecule has 1 N–H and O–H groups in total. The van der Waals surface area contributed by atoms with Crippen molar-refractivity contribution in [2.75, 3.05) is 38.1 Å². The highest BCUT2D eigenvalue weighted by Gasteiger charge is 2.21. The average Bonchev–Trinajstić information content (AvgIpc) is 2.93. The van der Waals surface area contributed by atoms with Crippen LogP contribution < -0.4 is 9.46 Å². The molecule has 2 heterocycles. The highest BCUT2D eigenvalue weighted by Crippen LogP contribution is 2.25. The minimum atomic E-state index is -2.41. The van der Waals surface area contributed by atoms with Crippen molar-refractivity contribution in [2.24, 2.45) is 0 Å². The van der Waals surface area contributed by atoms with Crippen molar-refractivity contribution in [2.45, 2.75) is 18.9 Å². The summed E-state index contributed by atoms with van der Waals surface area (Å²) in [4.78, 5) is 6.42. The van der Waals surface area contributed by atoms with Crippen molar-refractivity contribution in [1.29, 1.82) is 0 Å². The summed E-state index contributed by atoms with van der Waals surface area (Å²) >= 11 is 0.835. The van der Waals surface area contributed by atoms with Crippen LogP contribution in [0.3, 0.4) is 0 Å². The zero-order chi connectivity index (χ0) is 15.9. The van der Waals surface area contributed by atoms with Crippen LogP contribution in [0.2, 0.25) is 0 Å². The molecule has 1 saturated heterocycles. The van der Waals surface area contributed by atoms with Crippen molar-refractivity contribution >= 4 is 32.9 Å². The number of anilines is 1. The van der Waals surface area contributed by atoms with Crippen LogP contribution in [-0.2, 0) is 16.0 Å². The van der Waals surface area contributed by atoms with Gasteiger partial charge >= 0.3 is 0 Å². The van der Waals surface area contributed by atoms with E-state index in [0.29, 0.717) is 22.9 Å². The largest absolute Gasteiger partial charge is 0.755 e. The lowest BCUT2D eigenvalue weighted by Crippen LogP contribution is -2.25. The molecule has 0 aliphatic carbocycles. The lowest BCUT2D eigenvalue weighted by molar-refractivity contribution is 0.107. The van der Waals surface area contributed by atoms with Crippen LogP contribution in [0, 0.1) is 0 Å². The summed E-state index contributed by atoms with van der Waals surface area (Å²) in [5.41, 5.74) is 0.323. The molecule has 22 heavy (non-hydrogen) atoms. The van der Waals surface area contributed by atoms with Crippen LogP contribution in [0.25, 0.3) is 0 Å². The van der Waals surface area contributed by atoms with Gasteiger partial charge in [0.05, 0.1) is 12.7 Å². The first-order chi connectivity index (χ1) is 10.6. The number of nitrogens with zero attached hydrogens (tertiary/aromatic N) is 2. The third kappa shape index (κ3) is 5.47. The summed E-state index contributed by atoms with van der Waals surface area (Å²) in [6, 6.07) is 1.61. The Morgan fingerprint density at radius 1 is 1.64 bits per heavy atom. The van der Waals surface area contributed by atoms with E-state index < -0.39 is 11.3 Å². The monoisotopic (exact) mass is 392 g/mol. The Morgan fingerprint density at radius 3 is 3.14 bits per heavy atom. The number of likely N-dealkylation sites (tertiary alicyclic amines) is 1. The molecule has 1 fully saturated rings. The average molecular weight is 393 g/mol. The molecule has 0 radical (unpaired) electrons. The Labute approximate surface area is 140 Å². The number of aromatic nitrogens is 1. The SMILES string of the molecule is COC1CCN(CCCOc2ncc(Br)cc2NS(=O)[O-])C1. The molecule has 1 aromatic heterocycles. The summed E-state index contributed by atoms with van der Waals surface area (Å²) in [7, 11) is 1.74. The predicted octanol–water partition coefficient (Wildman–Crippen LogP) is 1.54. The lowest BCUT2D eigenvalue weighted by Gasteiger charge is -2.16. The van der Waals surface area contributed by atoms with E-state index in [1.165, 1.54) is 0 Å².